The molecule has 2 heterocycles. The van der Waals surface area contributed by atoms with Gasteiger partial charge in [0.25, 0.3) is 0 Å². The summed E-state index contributed by atoms with van der Waals surface area (Å²) in [6, 6.07) is 0. The Hall–Kier alpha value is -1.56. The number of rotatable bonds is 1. The molecule has 0 unspecified atom stereocenters. The van der Waals surface area contributed by atoms with Crippen LogP contribution in [0.1, 0.15) is 39.1 Å². The molecule has 0 bridgehead atoms. The second-order valence-corrected chi connectivity index (χ2v) is 5.44. The molecule has 0 aromatic carbocycles. The van der Waals surface area contributed by atoms with Crippen molar-refractivity contribution in [2.75, 3.05) is 0 Å². The molecule has 0 fully saturated rings. The van der Waals surface area contributed by atoms with Crippen molar-refractivity contribution in [3.8, 4) is 0 Å². The summed E-state index contributed by atoms with van der Waals surface area (Å²) in [4.78, 5) is 7.07. The zero-order valence-electron chi connectivity index (χ0n) is 10.8. The SMILES string of the molecule is Cc1[nH]cnc1C1=[N+](O)C(C)(C)C(C)(C)N1O. The number of aromatic nitrogens is 2. The lowest BCUT2D eigenvalue weighted by molar-refractivity contribution is -0.820. The lowest BCUT2D eigenvalue weighted by Gasteiger charge is -2.29. The predicted octanol–water partition coefficient (Wildman–Crippen LogP) is 1.13. The Bertz CT molecular complexity index is 487. The van der Waals surface area contributed by atoms with Crippen LogP contribution in [0.25, 0.3) is 0 Å². The Balaban J connectivity index is 2.63. The second kappa shape index (κ2) is 3.22. The number of hydrogen-bond donors (Lipinski definition) is 3. The number of hydroxylamine groups is 3. The lowest BCUT2D eigenvalue weighted by Crippen LogP contribution is -2.54. The van der Waals surface area contributed by atoms with Crippen LogP contribution in [0.15, 0.2) is 6.33 Å². The maximum atomic E-state index is 10.3. The van der Waals surface area contributed by atoms with Crippen molar-refractivity contribution >= 4 is 5.84 Å². The minimum atomic E-state index is -0.623. The molecule has 0 spiro atoms. The molecular weight excluding hydrogens is 220 g/mol. The minimum Gasteiger partial charge on any atom is -0.354 e. The molecule has 1 aliphatic rings. The van der Waals surface area contributed by atoms with Crippen molar-refractivity contribution in [3.63, 3.8) is 0 Å². The van der Waals surface area contributed by atoms with Gasteiger partial charge in [0.15, 0.2) is 16.8 Å². The van der Waals surface area contributed by atoms with Gasteiger partial charge in [-0.2, -0.15) is 0 Å². The molecule has 1 aliphatic heterocycles. The van der Waals surface area contributed by atoms with Gasteiger partial charge in [0, 0.05) is 5.69 Å². The van der Waals surface area contributed by atoms with E-state index in [1.54, 1.807) is 0 Å². The molecule has 1 aromatic heterocycles. The Labute approximate surface area is 100 Å². The van der Waals surface area contributed by atoms with Crippen molar-refractivity contribution in [1.82, 2.24) is 15.0 Å². The van der Waals surface area contributed by atoms with Crippen LogP contribution in [-0.2, 0) is 0 Å². The van der Waals surface area contributed by atoms with Gasteiger partial charge in [-0.1, -0.05) is 4.74 Å². The van der Waals surface area contributed by atoms with E-state index in [0.29, 0.717) is 11.5 Å². The molecule has 94 valence electrons. The van der Waals surface area contributed by atoms with Gasteiger partial charge in [-0.3, -0.25) is 0 Å². The van der Waals surface area contributed by atoms with Crippen molar-refractivity contribution in [3.05, 3.63) is 17.7 Å². The number of nitrogens with zero attached hydrogens (tertiary/aromatic N) is 3. The fraction of sp³-hybridized carbons (Fsp3) is 0.636. The highest BCUT2D eigenvalue weighted by molar-refractivity contribution is 5.94. The van der Waals surface area contributed by atoms with Gasteiger partial charge in [0.05, 0.1) is 6.33 Å². The summed E-state index contributed by atoms with van der Waals surface area (Å²) in [6.45, 7) is 9.31. The zero-order valence-corrected chi connectivity index (χ0v) is 10.8. The molecule has 0 aliphatic carbocycles. The Morgan fingerprint density at radius 1 is 1.35 bits per heavy atom. The Morgan fingerprint density at radius 3 is 2.29 bits per heavy atom. The Kier molecular flexibility index (Phi) is 2.26. The fourth-order valence-electron chi connectivity index (χ4n) is 1.92. The van der Waals surface area contributed by atoms with E-state index in [2.05, 4.69) is 9.97 Å². The van der Waals surface area contributed by atoms with E-state index >= 15 is 0 Å². The van der Waals surface area contributed by atoms with E-state index in [1.807, 2.05) is 34.6 Å². The first kappa shape index (κ1) is 11.9. The molecule has 0 saturated heterocycles. The molecule has 6 heteroatoms. The van der Waals surface area contributed by atoms with Gasteiger partial charge in [-0.25, -0.2) is 10.2 Å². The van der Waals surface area contributed by atoms with Crippen molar-refractivity contribution in [2.45, 2.75) is 45.7 Å². The predicted molar refractivity (Wildman–Crippen MR) is 61.3 cm³/mol. The van der Waals surface area contributed by atoms with Gasteiger partial charge in [-0.15, -0.1) is 5.06 Å². The molecule has 17 heavy (non-hydrogen) atoms. The number of imidazole rings is 1. The van der Waals surface area contributed by atoms with Crippen LogP contribution >= 0.6 is 0 Å². The number of H-pyrrole nitrogens is 1. The summed E-state index contributed by atoms with van der Waals surface area (Å²) in [7, 11) is 0. The van der Waals surface area contributed by atoms with Gasteiger partial charge >= 0.3 is 5.84 Å². The minimum absolute atomic E-state index is 0.304. The first-order valence-corrected chi connectivity index (χ1v) is 5.56. The van der Waals surface area contributed by atoms with Crippen LogP contribution in [0.3, 0.4) is 0 Å². The van der Waals surface area contributed by atoms with E-state index < -0.39 is 11.1 Å². The number of amidine groups is 1. The van der Waals surface area contributed by atoms with Gasteiger partial charge < -0.3 is 10.2 Å². The molecule has 3 N–H and O–H groups in total. The maximum Gasteiger partial charge on any atom is 0.370 e. The Morgan fingerprint density at radius 2 is 1.94 bits per heavy atom. The van der Waals surface area contributed by atoms with Crippen LogP contribution in [0, 0.1) is 6.92 Å². The van der Waals surface area contributed by atoms with E-state index in [-0.39, 0.29) is 0 Å². The first-order chi connectivity index (χ1) is 7.71. The third-order valence-corrected chi connectivity index (χ3v) is 4.00. The second-order valence-electron chi connectivity index (χ2n) is 5.44. The monoisotopic (exact) mass is 239 g/mol. The van der Waals surface area contributed by atoms with E-state index in [0.717, 1.165) is 15.5 Å². The van der Waals surface area contributed by atoms with E-state index in [1.165, 1.54) is 6.33 Å². The third-order valence-electron chi connectivity index (χ3n) is 4.00. The van der Waals surface area contributed by atoms with Crippen LogP contribution < -0.4 is 0 Å². The van der Waals surface area contributed by atoms with E-state index in [9.17, 15) is 10.4 Å². The molecule has 1 aromatic rings. The quantitative estimate of drug-likeness (QED) is 0.507. The highest BCUT2D eigenvalue weighted by atomic mass is 16.5. The van der Waals surface area contributed by atoms with Crippen LogP contribution in [0.5, 0.6) is 0 Å². The van der Waals surface area contributed by atoms with Crippen molar-refractivity contribution < 1.29 is 15.2 Å². The van der Waals surface area contributed by atoms with E-state index in [4.69, 9.17) is 0 Å². The lowest BCUT2D eigenvalue weighted by atomic mass is 9.84. The summed E-state index contributed by atoms with van der Waals surface area (Å²) >= 11 is 0. The topological polar surface area (TPSA) is 75.4 Å². The molecule has 0 radical (unpaired) electrons. The average molecular weight is 239 g/mol. The van der Waals surface area contributed by atoms with Crippen LogP contribution in [-0.4, -0.2) is 47.1 Å². The molecule has 0 saturated carbocycles. The summed E-state index contributed by atoms with van der Waals surface area (Å²) in [5.74, 6) is 0.304. The molecule has 0 amide bonds. The largest absolute Gasteiger partial charge is 0.370 e. The van der Waals surface area contributed by atoms with Gasteiger partial charge in [0.1, 0.15) is 0 Å². The fourth-order valence-corrected chi connectivity index (χ4v) is 1.92. The summed E-state index contributed by atoms with van der Waals surface area (Å²) < 4.78 is 1.08. The van der Waals surface area contributed by atoms with Crippen molar-refractivity contribution in [1.29, 1.82) is 0 Å². The molecule has 6 nitrogen and oxygen atoms in total. The van der Waals surface area contributed by atoms with Crippen LogP contribution in [0.4, 0.5) is 0 Å². The number of aryl methyl sites for hydroxylation is 1. The standard InChI is InChI=1S/C11H18N4O2/c1-7-8(13-6-12-7)9-14(16)10(2,3)11(4,5)15(9)17/h6,16-17H,1-5H3/p+1. The number of nitrogens with one attached hydrogen (secondary N) is 1. The van der Waals surface area contributed by atoms with Crippen LogP contribution in [0.2, 0.25) is 0 Å². The van der Waals surface area contributed by atoms with Gasteiger partial charge in [0.2, 0.25) is 0 Å². The smallest absolute Gasteiger partial charge is 0.354 e. The molecule has 0 atom stereocenters. The molecule has 2 rings (SSSR count). The van der Waals surface area contributed by atoms with Crippen molar-refractivity contribution in [2.24, 2.45) is 0 Å². The molecular formula is C11H19N4O2+. The summed E-state index contributed by atoms with van der Waals surface area (Å²) in [6.07, 6.45) is 1.54. The maximum absolute atomic E-state index is 10.3. The summed E-state index contributed by atoms with van der Waals surface area (Å²) in [5, 5.41) is 21.6. The van der Waals surface area contributed by atoms with Gasteiger partial charge in [-0.05, 0) is 34.6 Å². The summed E-state index contributed by atoms with van der Waals surface area (Å²) in [5.41, 5.74) is 0.102. The highest BCUT2D eigenvalue weighted by Crippen LogP contribution is 2.36. The first-order valence-electron chi connectivity index (χ1n) is 5.56. The third kappa shape index (κ3) is 1.30. The average Bonchev–Trinajstić information content (AvgIpc) is 2.68. The number of aromatic amines is 1. The highest BCUT2D eigenvalue weighted by Gasteiger charge is 2.62. The normalized spacial score (nSPS) is 22.4. The zero-order chi connectivity index (χ0) is 13.0. The number of hydrogen-bond acceptors (Lipinski definition) is 4.